The van der Waals surface area contributed by atoms with E-state index >= 15 is 0 Å². The highest BCUT2D eigenvalue weighted by atomic mass is 32.1. The Labute approximate surface area is 147 Å². The number of hydrogen-bond acceptors (Lipinski definition) is 6. The third-order valence-corrected chi connectivity index (χ3v) is 4.60. The first kappa shape index (κ1) is 15.5. The Balaban J connectivity index is 1.55. The van der Waals surface area contributed by atoms with Crippen LogP contribution in [0.2, 0.25) is 0 Å². The number of aryl methyl sites for hydroxylation is 1. The lowest BCUT2D eigenvalue weighted by molar-refractivity contribution is 0.0765. The van der Waals surface area contributed by atoms with Gasteiger partial charge in [-0.3, -0.25) is 9.20 Å². The Morgan fingerprint density at radius 3 is 2.88 bits per heavy atom. The van der Waals surface area contributed by atoms with Gasteiger partial charge >= 0.3 is 0 Å². The average Bonchev–Trinajstić information content (AvgIpc) is 3.31. The molecule has 8 heteroatoms. The van der Waals surface area contributed by atoms with Gasteiger partial charge in [0.2, 0.25) is 11.8 Å². The maximum Gasteiger partial charge on any atom is 0.273 e. The Morgan fingerprint density at radius 1 is 1.28 bits per heavy atom. The molecule has 0 bridgehead atoms. The summed E-state index contributed by atoms with van der Waals surface area (Å²) in [6.07, 6.45) is 1.85. The number of aromatic nitrogens is 4. The quantitative estimate of drug-likeness (QED) is 0.564. The summed E-state index contributed by atoms with van der Waals surface area (Å²) in [4.78, 5) is 19.6. The largest absolute Gasteiger partial charge is 0.419 e. The Bertz CT molecular complexity index is 1030. The lowest BCUT2D eigenvalue weighted by atomic mass is 10.2. The number of carbonyl (C=O) groups excluding carboxylic acids is 1. The second-order valence-electron chi connectivity index (χ2n) is 5.63. The minimum atomic E-state index is -0.136. The average molecular weight is 353 g/mol. The van der Waals surface area contributed by atoms with Crippen molar-refractivity contribution in [1.82, 2.24) is 24.5 Å². The number of fused-ring (bicyclic) bond motifs is 1. The highest BCUT2D eigenvalue weighted by Crippen LogP contribution is 2.20. The van der Waals surface area contributed by atoms with Crippen LogP contribution in [0.4, 0.5) is 0 Å². The summed E-state index contributed by atoms with van der Waals surface area (Å²) in [7, 11) is 1.71. The van der Waals surface area contributed by atoms with E-state index in [-0.39, 0.29) is 12.5 Å². The second-order valence-corrected chi connectivity index (χ2v) is 6.50. The molecule has 1 aromatic carbocycles. The summed E-state index contributed by atoms with van der Waals surface area (Å²) in [6.45, 7) is 2.07. The molecular formula is C17H15N5O2S. The number of nitrogens with zero attached hydrogens (tertiary/aromatic N) is 5. The summed E-state index contributed by atoms with van der Waals surface area (Å²) in [5, 5.41) is 10.00. The van der Waals surface area contributed by atoms with Crippen molar-refractivity contribution in [2.24, 2.45) is 0 Å². The molecule has 0 fully saturated rings. The van der Waals surface area contributed by atoms with Crippen molar-refractivity contribution in [3.63, 3.8) is 0 Å². The van der Waals surface area contributed by atoms with Crippen LogP contribution < -0.4 is 0 Å². The number of benzene rings is 1. The van der Waals surface area contributed by atoms with Crippen LogP contribution >= 0.6 is 11.3 Å². The van der Waals surface area contributed by atoms with Crippen LogP contribution in [0.3, 0.4) is 0 Å². The van der Waals surface area contributed by atoms with E-state index in [1.54, 1.807) is 11.9 Å². The smallest absolute Gasteiger partial charge is 0.273 e. The topological polar surface area (TPSA) is 76.5 Å². The maximum atomic E-state index is 12.8. The second kappa shape index (κ2) is 6.14. The zero-order valence-electron chi connectivity index (χ0n) is 13.7. The molecule has 3 aromatic heterocycles. The summed E-state index contributed by atoms with van der Waals surface area (Å²) in [5.74, 6) is 0.693. The first-order valence-corrected chi connectivity index (χ1v) is 8.57. The van der Waals surface area contributed by atoms with Crippen LogP contribution in [-0.4, -0.2) is 37.4 Å². The van der Waals surface area contributed by atoms with Gasteiger partial charge in [-0.1, -0.05) is 18.2 Å². The third kappa shape index (κ3) is 2.80. The molecule has 0 spiro atoms. The lowest BCUT2D eigenvalue weighted by Gasteiger charge is -2.14. The van der Waals surface area contributed by atoms with Crippen LogP contribution in [0.1, 0.15) is 22.1 Å². The molecule has 25 heavy (non-hydrogen) atoms. The molecule has 0 N–H and O–H groups in total. The van der Waals surface area contributed by atoms with Gasteiger partial charge in [0.1, 0.15) is 5.69 Å². The maximum absolute atomic E-state index is 12.8. The molecule has 3 heterocycles. The number of rotatable bonds is 4. The van der Waals surface area contributed by atoms with Crippen LogP contribution in [0.25, 0.3) is 16.4 Å². The molecule has 0 aliphatic heterocycles. The zero-order chi connectivity index (χ0) is 17.4. The van der Waals surface area contributed by atoms with E-state index in [4.69, 9.17) is 4.42 Å². The van der Waals surface area contributed by atoms with Gasteiger partial charge in [-0.05, 0) is 19.1 Å². The predicted octanol–water partition coefficient (Wildman–Crippen LogP) is 3.03. The van der Waals surface area contributed by atoms with Gasteiger partial charge in [-0.25, -0.2) is 4.98 Å². The van der Waals surface area contributed by atoms with E-state index in [0.29, 0.717) is 23.2 Å². The molecule has 0 atom stereocenters. The minimum absolute atomic E-state index is 0.136. The third-order valence-electron chi connectivity index (χ3n) is 3.85. The fourth-order valence-corrected chi connectivity index (χ4v) is 3.38. The number of thiazole rings is 1. The van der Waals surface area contributed by atoms with E-state index in [0.717, 1.165) is 10.5 Å². The monoisotopic (exact) mass is 353 g/mol. The van der Waals surface area contributed by atoms with Gasteiger partial charge < -0.3 is 9.32 Å². The number of imidazole rings is 1. The van der Waals surface area contributed by atoms with Crippen LogP contribution in [0, 0.1) is 6.92 Å². The van der Waals surface area contributed by atoms with E-state index in [1.807, 2.05) is 53.2 Å². The van der Waals surface area contributed by atoms with Crippen molar-refractivity contribution >= 4 is 22.2 Å². The van der Waals surface area contributed by atoms with Gasteiger partial charge in [0.15, 0.2) is 4.96 Å². The molecule has 1 amide bonds. The molecule has 4 aromatic rings. The van der Waals surface area contributed by atoms with Crippen LogP contribution in [0.15, 0.2) is 46.3 Å². The summed E-state index contributed by atoms with van der Waals surface area (Å²) >= 11 is 1.50. The van der Waals surface area contributed by atoms with Crippen molar-refractivity contribution in [3.8, 4) is 11.5 Å². The zero-order valence-corrected chi connectivity index (χ0v) is 14.5. The predicted molar refractivity (Wildman–Crippen MR) is 93.3 cm³/mol. The first-order chi connectivity index (χ1) is 12.1. The van der Waals surface area contributed by atoms with Crippen molar-refractivity contribution in [2.75, 3.05) is 7.05 Å². The SMILES string of the molecule is Cc1nc2sccn2c1C(=O)N(C)Cc1nnc(-c2ccccc2)o1. The molecule has 126 valence electrons. The van der Waals surface area contributed by atoms with Gasteiger partial charge in [0.05, 0.1) is 12.2 Å². The van der Waals surface area contributed by atoms with Gasteiger partial charge in [-0.2, -0.15) is 0 Å². The highest BCUT2D eigenvalue weighted by Gasteiger charge is 2.22. The number of hydrogen-bond donors (Lipinski definition) is 0. The molecule has 0 radical (unpaired) electrons. The van der Waals surface area contributed by atoms with Crippen molar-refractivity contribution in [2.45, 2.75) is 13.5 Å². The Kier molecular flexibility index (Phi) is 3.81. The molecular weight excluding hydrogens is 338 g/mol. The number of carbonyl (C=O) groups is 1. The molecule has 0 unspecified atom stereocenters. The molecule has 0 aliphatic carbocycles. The van der Waals surface area contributed by atoms with Gasteiger partial charge in [-0.15, -0.1) is 21.5 Å². The minimum Gasteiger partial charge on any atom is -0.419 e. The Morgan fingerprint density at radius 2 is 2.08 bits per heavy atom. The van der Waals surface area contributed by atoms with E-state index in [9.17, 15) is 4.79 Å². The molecule has 0 aliphatic rings. The summed E-state index contributed by atoms with van der Waals surface area (Å²) < 4.78 is 7.48. The normalized spacial score (nSPS) is 11.1. The van der Waals surface area contributed by atoms with Crippen molar-refractivity contribution < 1.29 is 9.21 Å². The van der Waals surface area contributed by atoms with Gasteiger partial charge in [0.25, 0.3) is 5.91 Å². The van der Waals surface area contributed by atoms with Crippen LogP contribution in [0.5, 0.6) is 0 Å². The van der Waals surface area contributed by atoms with Crippen molar-refractivity contribution in [1.29, 1.82) is 0 Å². The van der Waals surface area contributed by atoms with Crippen molar-refractivity contribution in [3.05, 3.63) is 59.2 Å². The fourth-order valence-electron chi connectivity index (χ4n) is 2.62. The van der Waals surface area contributed by atoms with E-state index in [2.05, 4.69) is 15.2 Å². The molecule has 7 nitrogen and oxygen atoms in total. The summed E-state index contributed by atoms with van der Waals surface area (Å²) in [6, 6.07) is 9.53. The number of amides is 1. The fraction of sp³-hybridized carbons (Fsp3) is 0.176. The van der Waals surface area contributed by atoms with Gasteiger partial charge in [0, 0.05) is 24.2 Å². The molecule has 0 saturated heterocycles. The standard InChI is InChI=1S/C17H15N5O2S/c1-11-14(22-8-9-25-17(22)18-11)16(23)21(2)10-13-19-20-15(24-13)12-6-4-3-5-7-12/h3-9H,10H2,1-2H3. The molecule has 4 rings (SSSR count). The molecule has 0 saturated carbocycles. The lowest BCUT2D eigenvalue weighted by Crippen LogP contribution is -2.28. The van der Waals surface area contributed by atoms with E-state index < -0.39 is 0 Å². The van der Waals surface area contributed by atoms with Crippen LogP contribution in [-0.2, 0) is 6.54 Å². The Hall–Kier alpha value is -3.00. The first-order valence-electron chi connectivity index (χ1n) is 7.69. The summed E-state index contributed by atoms with van der Waals surface area (Å²) in [5.41, 5.74) is 2.11. The highest BCUT2D eigenvalue weighted by molar-refractivity contribution is 7.15. The van der Waals surface area contributed by atoms with E-state index in [1.165, 1.54) is 11.3 Å².